The Labute approximate surface area is 110 Å². The van der Waals surface area contributed by atoms with Gasteiger partial charge in [-0.05, 0) is 51.8 Å². The van der Waals surface area contributed by atoms with E-state index in [1.807, 2.05) is 58.9 Å². The van der Waals surface area contributed by atoms with E-state index in [0.717, 1.165) is 11.3 Å². The van der Waals surface area contributed by atoms with Crippen molar-refractivity contribution in [1.82, 2.24) is 5.32 Å². The minimum Gasteiger partial charge on any atom is -0.481 e. The number of hydrogen-bond donors (Lipinski definition) is 1. The van der Waals surface area contributed by atoms with Crippen molar-refractivity contribution in [2.45, 2.75) is 52.7 Å². The fourth-order valence-electron chi connectivity index (χ4n) is 1.63. The molecule has 0 aromatic heterocycles. The Bertz CT molecular complexity index is 407. The van der Waals surface area contributed by atoms with Crippen molar-refractivity contribution in [3.8, 4) is 5.75 Å². The number of nitrogens with one attached hydrogen (secondary N) is 1. The van der Waals surface area contributed by atoms with E-state index in [1.165, 1.54) is 0 Å². The first-order chi connectivity index (χ1) is 8.31. The molecule has 100 valence electrons. The lowest BCUT2D eigenvalue weighted by molar-refractivity contribution is -0.129. The van der Waals surface area contributed by atoms with Gasteiger partial charge in [0, 0.05) is 5.54 Å². The van der Waals surface area contributed by atoms with Gasteiger partial charge in [0.05, 0.1) is 0 Å². The Kier molecular flexibility index (Phi) is 4.76. The average Bonchev–Trinajstić information content (AvgIpc) is 2.23. The second-order valence-electron chi connectivity index (χ2n) is 5.57. The highest BCUT2D eigenvalue weighted by atomic mass is 16.5. The molecule has 1 amide bonds. The van der Waals surface area contributed by atoms with Gasteiger partial charge in [-0.2, -0.15) is 0 Å². The molecular formula is C15H23NO2. The molecule has 3 nitrogen and oxygen atoms in total. The van der Waals surface area contributed by atoms with Crippen LogP contribution in [0.25, 0.3) is 0 Å². The molecule has 0 bridgehead atoms. The van der Waals surface area contributed by atoms with E-state index in [4.69, 9.17) is 4.74 Å². The highest BCUT2D eigenvalue weighted by Gasteiger charge is 2.22. The molecule has 0 aliphatic carbocycles. The molecule has 0 radical (unpaired) electrons. The standard InChI is InChI=1S/C15H23NO2/c1-6-13(14(17)16-15(3,4)5)18-12-9-7-8-11(2)10-12/h7-10,13H,6H2,1-5H3,(H,16,17). The van der Waals surface area contributed by atoms with Gasteiger partial charge in [0.15, 0.2) is 6.10 Å². The summed E-state index contributed by atoms with van der Waals surface area (Å²) in [6.07, 6.45) is 0.210. The first-order valence-electron chi connectivity index (χ1n) is 6.37. The number of aryl methyl sites for hydroxylation is 1. The van der Waals surface area contributed by atoms with Gasteiger partial charge in [-0.3, -0.25) is 4.79 Å². The minimum absolute atomic E-state index is 0.0634. The van der Waals surface area contributed by atoms with Crippen molar-refractivity contribution < 1.29 is 9.53 Å². The maximum absolute atomic E-state index is 12.0. The topological polar surface area (TPSA) is 38.3 Å². The van der Waals surface area contributed by atoms with Gasteiger partial charge in [-0.25, -0.2) is 0 Å². The Morgan fingerprint density at radius 1 is 1.39 bits per heavy atom. The quantitative estimate of drug-likeness (QED) is 0.890. The molecule has 1 N–H and O–H groups in total. The molecule has 1 atom stereocenters. The lowest BCUT2D eigenvalue weighted by Gasteiger charge is -2.25. The van der Waals surface area contributed by atoms with Crippen LogP contribution >= 0.6 is 0 Å². The zero-order valence-corrected chi connectivity index (χ0v) is 11.9. The van der Waals surface area contributed by atoms with Crippen LogP contribution in [0.2, 0.25) is 0 Å². The molecule has 0 saturated carbocycles. The summed E-state index contributed by atoms with van der Waals surface area (Å²) in [7, 11) is 0. The van der Waals surface area contributed by atoms with Gasteiger partial charge < -0.3 is 10.1 Å². The molecule has 0 aliphatic rings. The minimum atomic E-state index is -0.439. The van der Waals surface area contributed by atoms with E-state index in [0.29, 0.717) is 6.42 Å². The number of carbonyl (C=O) groups excluding carboxylic acids is 1. The summed E-state index contributed by atoms with van der Waals surface area (Å²) in [5.74, 6) is 0.678. The largest absolute Gasteiger partial charge is 0.481 e. The Hall–Kier alpha value is -1.51. The lowest BCUT2D eigenvalue weighted by Crippen LogP contribution is -2.47. The molecule has 18 heavy (non-hydrogen) atoms. The van der Waals surface area contributed by atoms with Gasteiger partial charge in [0.2, 0.25) is 0 Å². The summed E-state index contributed by atoms with van der Waals surface area (Å²) in [6, 6.07) is 7.75. The van der Waals surface area contributed by atoms with Crippen molar-refractivity contribution in [3.63, 3.8) is 0 Å². The van der Waals surface area contributed by atoms with Crippen molar-refractivity contribution in [2.24, 2.45) is 0 Å². The third kappa shape index (κ3) is 4.78. The number of carbonyl (C=O) groups is 1. The van der Waals surface area contributed by atoms with E-state index in [9.17, 15) is 4.79 Å². The molecule has 0 spiro atoms. The highest BCUT2D eigenvalue weighted by molar-refractivity contribution is 5.81. The maximum atomic E-state index is 12.0. The number of rotatable bonds is 4. The van der Waals surface area contributed by atoms with Crippen LogP contribution in [-0.2, 0) is 4.79 Å². The lowest BCUT2D eigenvalue weighted by atomic mass is 10.1. The van der Waals surface area contributed by atoms with Gasteiger partial charge in [-0.1, -0.05) is 19.1 Å². The summed E-state index contributed by atoms with van der Waals surface area (Å²) in [5.41, 5.74) is 0.888. The van der Waals surface area contributed by atoms with Crippen molar-refractivity contribution in [1.29, 1.82) is 0 Å². The first kappa shape index (κ1) is 14.6. The Morgan fingerprint density at radius 3 is 2.56 bits per heavy atom. The van der Waals surface area contributed by atoms with Crippen LogP contribution in [0.4, 0.5) is 0 Å². The zero-order valence-electron chi connectivity index (χ0n) is 11.9. The SMILES string of the molecule is CCC(Oc1cccc(C)c1)C(=O)NC(C)(C)C. The number of benzene rings is 1. The summed E-state index contributed by atoms with van der Waals surface area (Å²) in [5, 5.41) is 2.94. The molecule has 0 heterocycles. The molecule has 3 heteroatoms. The van der Waals surface area contributed by atoms with Crippen LogP contribution < -0.4 is 10.1 Å². The van der Waals surface area contributed by atoms with Crippen molar-refractivity contribution >= 4 is 5.91 Å². The van der Waals surface area contributed by atoms with E-state index in [1.54, 1.807) is 0 Å². The zero-order chi connectivity index (χ0) is 13.8. The van der Waals surface area contributed by atoms with Crippen molar-refractivity contribution in [2.75, 3.05) is 0 Å². The van der Waals surface area contributed by atoms with Gasteiger partial charge in [-0.15, -0.1) is 0 Å². The van der Waals surface area contributed by atoms with Gasteiger partial charge in [0.1, 0.15) is 5.75 Å². The number of amides is 1. The van der Waals surface area contributed by atoms with Crippen LogP contribution in [0, 0.1) is 6.92 Å². The molecule has 0 aliphatic heterocycles. The molecular weight excluding hydrogens is 226 g/mol. The molecule has 1 aromatic rings. The van der Waals surface area contributed by atoms with Gasteiger partial charge >= 0.3 is 0 Å². The van der Waals surface area contributed by atoms with E-state index in [2.05, 4.69) is 5.32 Å². The fourth-order valence-corrected chi connectivity index (χ4v) is 1.63. The Balaban J connectivity index is 2.70. The van der Waals surface area contributed by atoms with Crippen LogP contribution in [0.3, 0.4) is 0 Å². The summed E-state index contributed by atoms with van der Waals surface area (Å²) in [4.78, 5) is 12.0. The van der Waals surface area contributed by atoms with E-state index < -0.39 is 6.10 Å². The second-order valence-corrected chi connectivity index (χ2v) is 5.57. The van der Waals surface area contributed by atoms with Crippen molar-refractivity contribution in [3.05, 3.63) is 29.8 Å². The third-order valence-corrected chi connectivity index (χ3v) is 2.43. The molecule has 1 aromatic carbocycles. The van der Waals surface area contributed by atoms with E-state index in [-0.39, 0.29) is 11.4 Å². The van der Waals surface area contributed by atoms with Gasteiger partial charge in [0.25, 0.3) is 5.91 Å². The van der Waals surface area contributed by atoms with Crippen LogP contribution in [0.15, 0.2) is 24.3 Å². The molecule has 0 fully saturated rings. The summed E-state index contributed by atoms with van der Waals surface area (Å²) in [6.45, 7) is 9.84. The monoisotopic (exact) mass is 249 g/mol. The fraction of sp³-hybridized carbons (Fsp3) is 0.533. The van der Waals surface area contributed by atoms with Crippen LogP contribution in [0.5, 0.6) is 5.75 Å². The molecule has 1 rings (SSSR count). The number of hydrogen-bond acceptors (Lipinski definition) is 2. The predicted octanol–water partition coefficient (Wildman–Crippen LogP) is 3.07. The number of ether oxygens (including phenoxy) is 1. The van der Waals surface area contributed by atoms with Crippen LogP contribution in [0.1, 0.15) is 39.7 Å². The second kappa shape index (κ2) is 5.89. The maximum Gasteiger partial charge on any atom is 0.261 e. The predicted molar refractivity (Wildman–Crippen MR) is 73.8 cm³/mol. The molecule has 1 unspecified atom stereocenters. The normalized spacial score (nSPS) is 12.9. The summed E-state index contributed by atoms with van der Waals surface area (Å²) >= 11 is 0. The average molecular weight is 249 g/mol. The smallest absolute Gasteiger partial charge is 0.261 e. The Morgan fingerprint density at radius 2 is 2.06 bits per heavy atom. The summed E-state index contributed by atoms with van der Waals surface area (Å²) < 4.78 is 5.74. The third-order valence-electron chi connectivity index (χ3n) is 2.43. The first-order valence-corrected chi connectivity index (χ1v) is 6.37. The van der Waals surface area contributed by atoms with E-state index >= 15 is 0 Å². The molecule has 0 saturated heterocycles. The van der Waals surface area contributed by atoms with Crippen LogP contribution in [-0.4, -0.2) is 17.6 Å². The highest BCUT2D eigenvalue weighted by Crippen LogP contribution is 2.16.